The largest absolute Gasteiger partial charge is 0.494 e. The van der Waals surface area contributed by atoms with E-state index in [2.05, 4.69) is 41.2 Å². The summed E-state index contributed by atoms with van der Waals surface area (Å²) >= 11 is 0. The molecule has 0 spiro atoms. The lowest BCUT2D eigenvalue weighted by molar-refractivity contribution is 0.0727. The average Bonchev–Trinajstić information content (AvgIpc) is 2.76. The Balaban J connectivity index is 1.60. The molecule has 5 heteroatoms. The maximum Gasteiger partial charge on any atom is 0.344 e. The maximum absolute atomic E-state index is 12.3. The minimum atomic E-state index is -0.480. The third-order valence-corrected chi connectivity index (χ3v) is 4.55. The molecule has 0 amide bonds. The molecule has 0 radical (unpaired) electrons. The Kier molecular flexibility index (Phi) is 7.34. The number of carbonyl (C=O) groups excluding carboxylic acids is 1. The van der Waals surface area contributed by atoms with E-state index in [9.17, 15) is 4.79 Å². The fourth-order valence-electron chi connectivity index (χ4n) is 2.95. The SMILES string of the molecule is CCCCCc1ccc(-c2cnc(OC(=O)c3ccc(OCC)cc3)cn2)cc1. The van der Waals surface area contributed by atoms with Gasteiger partial charge in [-0.2, -0.15) is 0 Å². The summed E-state index contributed by atoms with van der Waals surface area (Å²) < 4.78 is 10.7. The van der Waals surface area contributed by atoms with Crippen LogP contribution in [0, 0.1) is 0 Å². The predicted octanol–water partition coefficient (Wildman–Crippen LogP) is 5.49. The van der Waals surface area contributed by atoms with Gasteiger partial charge in [0.2, 0.25) is 5.88 Å². The van der Waals surface area contributed by atoms with Crippen LogP contribution in [-0.4, -0.2) is 22.5 Å². The Morgan fingerprint density at radius 1 is 0.897 bits per heavy atom. The van der Waals surface area contributed by atoms with Crippen molar-refractivity contribution in [1.82, 2.24) is 9.97 Å². The molecule has 0 aliphatic rings. The Bertz CT molecular complexity index is 904. The van der Waals surface area contributed by atoms with E-state index in [0.29, 0.717) is 17.9 Å². The molecule has 0 aliphatic heterocycles. The van der Waals surface area contributed by atoms with Crippen molar-refractivity contribution in [3.63, 3.8) is 0 Å². The summed E-state index contributed by atoms with van der Waals surface area (Å²) in [6, 6.07) is 15.2. The van der Waals surface area contributed by atoms with Gasteiger partial charge in [0.1, 0.15) is 5.75 Å². The number of carbonyl (C=O) groups is 1. The second kappa shape index (κ2) is 10.4. The van der Waals surface area contributed by atoms with Gasteiger partial charge >= 0.3 is 5.97 Å². The van der Waals surface area contributed by atoms with Crippen molar-refractivity contribution in [1.29, 1.82) is 0 Å². The van der Waals surface area contributed by atoms with Crippen molar-refractivity contribution in [2.45, 2.75) is 39.5 Å². The number of hydrogen-bond donors (Lipinski definition) is 0. The smallest absolute Gasteiger partial charge is 0.344 e. The molecule has 3 aromatic rings. The summed E-state index contributed by atoms with van der Waals surface area (Å²) in [4.78, 5) is 20.9. The van der Waals surface area contributed by atoms with Gasteiger partial charge in [0.25, 0.3) is 0 Å². The van der Waals surface area contributed by atoms with Gasteiger partial charge in [-0.1, -0.05) is 44.0 Å². The summed E-state index contributed by atoms with van der Waals surface area (Å²) in [6.45, 7) is 4.70. The topological polar surface area (TPSA) is 61.3 Å². The van der Waals surface area contributed by atoms with E-state index in [1.54, 1.807) is 30.5 Å². The van der Waals surface area contributed by atoms with Crippen molar-refractivity contribution in [3.05, 3.63) is 72.1 Å². The highest BCUT2D eigenvalue weighted by molar-refractivity contribution is 5.90. The summed E-state index contributed by atoms with van der Waals surface area (Å²) in [5.74, 6) is 0.403. The summed E-state index contributed by atoms with van der Waals surface area (Å²) in [7, 11) is 0. The van der Waals surface area contributed by atoms with Crippen LogP contribution in [0.5, 0.6) is 11.6 Å². The number of esters is 1. The molecular formula is C24H26N2O3. The van der Waals surface area contributed by atoms with Gasteiger partial charge in [-0.05, 0) is 49.6 Å². The molecule has 150 valence electrons. The standard InChI is InChI=1S/C24H26N2O3/c1-3-5-6-7-18-8-10-19(11-9-18)22-16-26-23(17-25-22)29-24(27)20-12-14-21(15-13-20)28-4-2/h8-17H,3-7H2,1-2H3. The van der Waals surface area contributed by atoms with Crippen molar-refractivity contribution in [3.8, 4) is 22.9 Å². The van der Waals surface area contributed by atoms with Gasteiger partial charge in [-0.15, -0.1) is 0 Å². The van der Waals surface area contributed by atoms with Crippen LogP contribution in [0.1, 0.15) is 49.0 Å². The van der Waals surface area contributed by atoms with Crippen LogP contribution in [0.3, 0.4) is 0 Å². The first-order valence-corrected chi connectivity index (χ1v) is 10.1. The quantitative estimate of drug-likeness (QED) is 0.357. The Labute approximate surface area is 171 Å². The van der Waals surface area contributed by atoms with E-state index in [1.165, 1.54) is 31.0 Å². The van der Waals surface area contributed by atoms with Crippen LogP contribution in [0.15, 0.2) is 60.9 Å². The first-order valence-electron chi connectivity index (χ1n) is 10.1. The molecule has 5 nitrogen and oxygen atoms in total. The molecule has 0 fully saturated rings. The van der Waals surface area contributed by atoms with Crippen molar-refractivity contribution in [2.24, 2.45) is 0 Å². The molecule has 0 bridgehead atoms. The van der Waals surface area contributed by atoms with Crippen LogP contribution < -0.4 is 9.47 Å². The molecule has 0 aliphatic carbocycles. The highest BCUT2D eigenvalue weighted by Crippen LogP contribution is 2.20. The minimum Gasteiger partial charge on any atom is -0.494 e. The molecule has 29 heavy (non-hydrogen) atoms. The minimum absolute atomic E-state index is 0.170. The first kappa shape index (κ1) is 20.5. The first-order chi connectivity index (χ1) is 14.2. The molecule has 0 saturated carbocycles. The molecular weight excluding hydrogens is 364 g/mol. The number of benzene rings is 2. The van der Waals surface area contributed by atoms with Crippen LogP contribution >= 0.6 is 0 Å². The molecule has 2 aromatic carbocycles. The van der Waals surface area contributed by atoms with Gasteiger partial charge in [0.15, 0.2) is 0 Å². The summed E-state index contributed by atoms with van der Waals surface area (Å²) in [5, 5.41) is 0. The van der Waals surface area contributed by atoms with Crippen molar-refractivity contribution in [2.75, 3.05) is 6.61 Å². The molecule has 0 atom stereocenters. The van der Waals surface area contributed by atoms with Gasteiger partial charge in [-0.3, -0.25) is 0 Å². The van der Waals surface area contributed by atoms with E-state index >= 15 is 0 Å². The van der Waals surface area contributed by atoms with Gasteiger partial charge < -0.3 is 9.47 Å². The van der Waals surface area contributed by atoms with Crippen LogP contribution in [0.25, 0.3) is 11.3 Å². The normalized spacial score (nSPS) is 10.6. The summed E-state index contributed by atoms with van der Waals surface area (Å²) in [6.07, 6.45) is 7.88. The summed E-state index contributed by atoms with van der Waals surface area (Å²) in [5.41, 5.74) is 3.49. The lowest BCUT2D eigenvalue weighted by Crippen LogP contribution is -2.09. The number of ether oxygens (including phenoxy) is 2. The van der Waals surface area contributed by atoms with Crippen molar-refractivity contribution < 1.29 is 14.3 Å². The number of nitrogens with zero attached hydrogens (tertiary/aromatic N) is 2. The number of aryl methyl sites for hydroxylation is 1. The van der Waals surface area contributed by atoms with E-state index < -0.39 is 5.97 Å². The third kappa shape index (κ3) is 5.88. The second-order valence-corrected chi connectivity index (χ2v) is 6.74. The number of hydrogen-bond acceptors (Lipinski definition) is 5. The Hall–Kier alpha value is -3.21. The second-order valence-electron chi connectivity index (χ2n) is 6.74. The fourth-order valence-corrected chi connectivity index (χ4v) is 2.95. The monoisotopic (exact) mass is 390 g/mol. The molecule has 0 unspecified atom stereocenters. The number of rotatable bonds is 9. The molecule has 1 heterocycles. The van der Waals surface area contributed by atoms with E-state index in [1.807, 2.05) is 6.92 Å². The number of unbranched alkanes of at least 4 members (excludes halogenated alkanes) is 2. The van der Waals surface area contributed by atoms with E-state index in [0.717, 1.165) is 17.7 Å². The van der Waals surface area contributed by atoms with E-state index in [4.69, 9.17) is 9.47 Å². The molecule has 3 rings (SSSR count). The highest BCUT2D eigenvalue weighted by atomic mass is 16.5. The zero-order chi connectivity index (χ0) is 20.5. The van der Waals surface area contributed by atoms with Crippen molar-refractivity contribution >= 4 is 5.97 Å². The van der Waals surface area contributed by atoms with Gasteiger partial charge in [0, 0.05) is 5.56 Å². The Morgan fingerprint density at radius 2 is 1.66 bits per heavy atom. The van der Waals surface area contributed by atoms with Crippen LogP contribution in [-0.2, 0) is 6.42 Å². The fraction of sp³-hybridized carbons (Fsp3) is 0.292. The molecule has 0 saturated heterocycles. The number of aromatic nitrogens is 2. The molecule has 1 aromatic heterocycles. The molecule has 0 N–H and O–H groups in total. The highest BCUT2D eigenvalue weighted by Gasteiger charge is 2.10. The van der Waals surface area contributed by atoms with E-state index in [-0.39, 0.29) is 5.88 Å². The maximum atomic E-state index is 12.3. The lowest BCUT2D eigenvalue weighted by atomic mass is 10.0. The van der Waals surface area contributed by atoms with Crippen LogP contribution in [0.2, 0.25) is 0 Å². The average molecular weight is 390 g/mol. The lowest BCUT2D eigenvalue weighted by Gasteiger charge is -2.06. The zero-order valence-electron chi connectivity index (χ0n) is 16.9. The van der Waals surface area contributed by atoms with Gasteiger partial charge in [-0.25, -0.2) is 14.8 Å². The predicted molar refractivity (Wildman–Crippen MR) is 113 cm³/mol. The zero-order valence-corrected chi connectivity index (χ0v) is 16.9. The van der Waals surface area contributed by atoms with Gasteiger partial charge in [0.05, 0.1) is 30.3 Å². The Morgan fingerprint density at radius 3 is 2.28 bits per heavy atom. The third-order valence-electron chi connectivity index (χ3n) is 4.55. The van der Waals surface area contributed by atoms with Crippen LogP contribution in [0.4, 0.5) is 0 Å².